The lowest BCUT2D eigenvalue weighted by molar-refractivity contribution is -0.176. The van der Waals surface area contributed by atoms with Crippen LogP contribution in [0, 0.1) is 0 Å². The van der Waals surface area contributed by atoms with Crippen molar-refractivity contribution in [1.82, 2.24) is 0 Å². The third-order valence-corrected chi connectivity index (χ3v) is 6.38. The molecule has 5 atom stereocenters. The molecule has 1 aliphatic rings. The average molecular weight is 577 g/mol. The standard InChI is InChI=1S/C29H33ClO10/c1-6-35-23-10-7-20(8-11-23)13-22-14-21(9-12-24(22)30)26-28(38-18(4)33)29(39-19(5)34)27(40-26)25(37-17(3)32)15-36-16(2)31/h7-12,14,25-29H,6,13,15H2,1-5H3/t25-,26+,27-,28+,29+/m1/s1. The van der Waals surface area contributed by atoms with Crippen molar-refractivity contribution < 1.29 is 47.6 Å². The summed E-state index contributed by atoms with van der Waals surface area (Å²) in [6, 6.07) is 12.9. The lowest BCUT2D eigenvalue weighted by Gasteiger charge is -2.27. The van der Waals surface area contributed by atoms with E-state index in [2.05, 4.69) is 0 Å². The summed E-state index contributed by atoms with van der Waals surface area (Å²) in [7, 11) is 0. The molecule has 0 radical (unpaired) electrons. The Morgan fingerprint density at radius 3 is 2.10 bits per heavy atom. The van der Waals surface area contributed by atoms with Crippen molar-refractivity contribution in [1.29, 1.82) is 0 Å². The fourth-order valence-electron chi connectivity index (χ4n) is 4.50. The number of ether oxygens (including phenoxy) is 6. The van der Waals surface area contributed by atoms with Crippen molar-refractivity contribution in [2.24, 2.45) is 0 Å². The van der Waals surface area contributed by atoms with Crippen LogP contribution in [0.1, 0.15) is 57.4 Å². The second-order valence-electron chi connectivity index (χ2n) is 9.22. The number of esters is 4. The van der Waals surface area contributed by atoms with E-state index in [9.17, 15) is 19.2 Å². The average Bonchev–Trinajstić information content (AvgIpc) is 3.20. The lowest BCUT2D eigenvalue weighted by Crippen LogP contribution is -2.46. The van der Waals surface area contributed by atoms with Gasteiger partial charge in [-0.1, -0.05) is 35.9 Å². The monoisotopic (exact) mass is 576 g/mol. The van der Waals surface area contributed by atoms with Gasteiger partial charge in [0.25, 0.3) is 0 Å². The Kier molecular flexibility index (Phi) is 10.9. The van der Waals surface area contributed by atoms with E-state index < -0.39 is 54.4 Å². The van der Waals surface area contributed by atoms with Crippen molar-refractivity contribution in [3.8, 4) is 5.75 Å². The van der Waals surface area contributed by atoms with Crippen molar-refractivity contribution >= 4 is 35.5 Å². The van der Waals surface area contributed by atoms with Gasteiger partial charge in [-0.3, -0.25) is 19.2 Å². The van der Waals surface area contributed by atoms with Crippen molar-refractivity contribution in [2.75, 3.05) is 13.2 Å². The molecule has 2 aromatic rings. The van der Waals surface area contributed by atoms with Crippen LogP contribution >= 0.6 is 11.6 Å². The summed E-state index contributed by atoms with van der Waals surface area (Å²) < 4.78 is 33.4. The fourth-order valence-corrected chi connectivity index (χ4v) is 4.69. The fraction of sp³-hybridized carbons (Fsp3) is 0.448. The highest BCUT2D eigenvalue weighted by Crippen LogP contribution is 2.40. The summed E-state index contributed by atoms with van der Waals surface area (Å²) in [6.07, 6.45) is -4.97. The van der Waals surface area contributed by atoms with Crippen LogP contribution in [0.2, 0.25) is 5.02 Å². The molecule has 11 heteroatoms. The second-order valence-corrected chi connectivity index (χ2v) is 9.63. The highest BCUT2D eigenvalue weighted by molar-refractivity contribution is 6.31. The van der Waals surface area contributed by atoms with Gasteiger partial charge in [-0.15, -0.1) is 0 Å². The van der Waals surface area contributed by atoms with Crippen molar-refractivity contribution in [3.63, 3.8) is 0 Å². The molecule has 40 heavy (non-hydrogen) atoms. The molecule has 2 aromatic carbocycles. The predicted molar refractivity (Wildman–Crippen MR) is 143 cm³/mol. The summed E-state index contributed by atoms with van der Waals surface area (Å²) >= 11 is 6.53. The molecule has 1 aliphatic heterocycles. The van der Waals surface area contributed by atoms with Gasteiger partial charge in [-0.2, -0.15) is 0 Å². The second kappa shape index (κ2) is 14.1. The summed E-state index contributed by atoms with van der Waals surface area (Å²) in [4.78, 5) is 47.5. The number of halogens is 1. The zero-order valence-corrected chi connectivity index (χ0v) is 23.8. The van der Waals surface area contributed by atoms with Gasteiger partial charge in [0.2, 0.25) is 0 Å². The number of carbonyl (C=O) groups is 4. The van der Waals surface area contributed by atoms with E-state index in [1.165, 1.54) is 27.7 Å². The summed E-state index contributed by atoms with van der Waals surface area (Å²) in [5.41, 5.74) is 2.35. The first-order chi connectivity index (χ1) is 19.0. The summed E-state index contributed by atoms with van der Waals surface area (Å²) in [6.45, 7) is 6.91. The van der Waals surface area contributed by atoms with Gasteiger partial charge < -0.3 is 28.4 Å². The molecule has 1 saturated heterocycles. The van der Waals surface area contributed by atoms with E-state index in [4.69, 9.17) is 40.0 Å². The molecular weight excluding hydrogens is 544 g/mol. The minimum Gasteiger partial charge on any atom is -0.494 e. The maximum atomic E-state index is 12.1. The van der Waals surface area contributed by atoms with Gasteiger partial charge in [-0.05, 0) is 48.2 Å². The molecule has 0 amide bonds. The Morgan fingerprint density at radius 2 is 1.52 bits per heavy atom. The molecular formula is C29H33ClO10. The van der Waals surface area contributed by atoms with Crippen LogP contribution in [-0.2, 0) is 49.3 Å². The molecule has 0 bridgehead atoms. The highest BCUT2D eigenvalue weighted by Gasteiger charge is 2.53. The van der Waals surface area contributed by atoms with Crippen molar-refractivity contribution in [2.45, 2.75) is 71.6 Å². The highest BCUT2D eigenvalue weighted by atomic mass is 35.5. The van der Waals surface area contributed by atoms with E-state index in [1.807, 2.05) is 37.3 Å². The molecule has 0 saturated carbocycles. The number of carbonyl (C=O) groups excluding carboxylic acids is 4. The maximum Gasteiger partial charge on any atom is 0.303 e. The van der Waals surface area contributed by atoms with Crippen LogP contribution < -0.4 is 4.74 Å². The zero-order valence-electron chi connectivity index (χ0n) is 23.0. The normalized spacial score (nSPS) is 20.8. The first-order valence-electron chi connectivity index (χ1n) is 12.8. The summed E-state index contributed by atoms with van der Waals surface area (Å²) in [5.74, 6) is -1.82. The molecule has 216 valence electrons. The molecule has 0 N–H and O–H groups in total. The van der Waals surface area contributed by atoms with Crippen LogP contribution in [0.5, 0.6) is 5.75 Å². The SMILES string of the molecule is CCOc1ccc(Cc2cc([C@@H]3O[C@H]([C@@H](COC(C)=O)OC(C)=O)[C@H](OC(C)=O)[C@H]3OC(C)=O)ccc2Cl)cc1. The summed E-state index contributed by atoms with van der Waals surface area (Å²) in [5, 5.41) is 0.514. The van der Waals surface area contributed by atoms with Crippen molar-refractivity contribution in [3.05, 3.63) is 64.2 Å². The van der Waals surface area contributed by atoms with Gasteiger partial charge in [-0.25, -0.2) is 0 Å². The maximum absolute atomic E-state index is 12.1. The van der Waals surface area contributed by atoms with Crippen LogP contribution in [-0.4, -0.2) is 61.5 Å². The Hall–Kier alpha value is -3.63. The first kappa shape index (κ1) is 30.9. The Balaban J connectivity index is 1.99. The minimum atomic E-state index is -1.17. The molecule has 0 spiro atoms. The number of benzene rings is 2. The number of rotatable bonds is 11. The van der Waals surface area contributed by atoms with E-state index in [1.54, 1.807) is 12.1 Å². The molecule has 0 aliphatic carbocycles. The first-order valence-corrected chi connectivity index (χ1v) is 13.2. The predicted octanol–water partition coefficient (Wildman–Crippen LogP) is 4.13. The number of hydrogen-bond donors (Lipinski definition) is 0. The Labute approximate surface area is 237 Å². The Morgan fingerprint density at radius 1 is 0.875 bits per heavy atom. The van der Waals surface area contributed by atoms with Crippen LogP contribution in [0.4, 0.5) is 0 Å². The molecule has 3 rings (SSSR count). The Bertz CT molecular complexity index is 1210. The van der Waals surface area contributed by atoms with Crippen LogP contribution in [0.15, 0.2) is 42.5 Å². The molecule has 10 nitrogen and oxygen atoms in total. The topological polar surface area (TPSA) is 124 Å². The molecule has 0 unspecified atom stereocenters. The van der Waals surface area contributed by atoms with Crippen LogP contribution in [0.3, 0.4) is 0 Å². The van der Waals surface area contributed by atoms with E-state index >= 15 is 0 Å². The van der Waals surface area contributed by atoms with Gasteiger partial charge >= 0.3 is 23.9 Å². The minimum absolute atomic E-state index is 0.361. The molecule has 0 aromatic heterocycles. The largest absolute Gasteiger partial charge is 0.494 e. The van der Waals surface area contributed by atoms with E-state index in [0.717, 1.165) is 16.9 Å². The lowest BCUT2D eigenvalue weighted by atomic mass is 9.96. The smallest absolute Gasteiger partial charge is 0.303 e. The molecule has 1 fully saturated rings. The van der Waals surface area contributed by atoms with Crippen LogP contribution in [0.25, 0.3) is 0 Å². The molecule has 1 heterocycles. The third-order valence-electron chi connectivity index (χ3n) is 6.02. The van der Waals surface area contributed by atoms with Gasteiger partial charge in [0, 0.05) is 32.7 Å². The van der Waals surface area contributed by atoms with Gasteiger partial charge in [0.15, 0.2) is 18.3 Å². The van der Waals surface area contributed by atoms with E-state index in [0.29, 0.717) is 23.6 Å². The van der Waals surface area contributed by atoms with E-state index in [-0.39, 0.29) is 6.61 Å². The van der Waals surface area contributed by atoms with Gasteiger partial charge in [0.1, 0.15) is 24.6 Å². The van der Waals surface area contributed by atoms with Gasteiger partial charge in [0.05, 0.1) is 6.61 Å². The third kappa shape index (κ3) is 8.43. The zero-order chi connectivity index (χ0) is 29.4. The quantitative estimate of drug-likeness (QED) is 0.285. The number of hydrogen-bond acceptors (Lipinski definition) is 10.